The van der Waals surface area contributed by atoms with Gasteiger partial charge in [0.25, 0.3) is 0 Å². The second-order valence-electron chi connectivity index (χ2n) is 7.52. The van der Waals surface area contributed by atoms with E-state index in [9.17, 15) is 8.78 Å². The van der Waals surface area contributed by atoms with Crippen LogP contribution in [-0.2, 0) is 5.67 Å². The van der Waals surface area contributed by atoms with Crippen LogP contribution in [-0.4, -0.2) is 11.1 Å². The zero-order chi connectivity index (χ0) is 20.5. The summed E-state index contributed by atoms with van der Waals surface area (Å²) in [7, 11) is 0. The van der Waals surface area contributed by atoms with E-state index in [1.807, 2.05) is 26.0 Å². The fourth-order valence-corrected chi connectivity index (χ4v) is 3.42. The molecule has 2 nitrogen and oxygen atoms in total. The van der Waals surface area contributed by atoms with Crippen molar-refractivity contribution in [2.45, 2.75) is 51.6 Å². The van der Waals surface area contributed by atoms with E-state index in [4.69, 9.17) is 4.74 Å². The number of alkyl halides is 2. The van der Waals surface area contributed by atoms with Crippen molar-refractivity contribution in [1.29, 1.82) is 0 Å². The van der Waals surface area contributed by atoms with Crippen molar-refractivity contribution in [2.75, 3.05) is 0 Å². The molecule has 0 saturated heterocycles. The number of ether oxygens (including phenoxy) is 1. The van der Waals surface area contributed by atoms with Crippen LogP contribution in [0, 0.1) is 5.82 Å². The first-order chi connectivity index (χ1) is 13.2. The minimum absolute atomic E-state index is 0.0558. The molecule has 2 aromatic rings. The number of allylic oxidation sites excluding steroid dienone is 3. The van der Waals surface area contributed by atoms with Gasteiger partial charge in [-0.3, -0.25) is 0 Å². The van der Waals surface area contributed by atoms with Gasteiger partial charge in [-0.05, 0) is 49.6 Å². The first kappa shape index (κ1) is 20.2. The number of pyridine rings is 1. The third-order valence-electron chi connectivity index (χ3n) is 4.99. The zero-order valence-electron chi connectivity index (χ0n) is 16.3. The maximum absolute atomic E-state index is 15.0. The van der Waals surface area contributed by atoms with Gasteiger partial charge in [0.05, 0.1) is 0 Å². The van der Waals surface area contributed by atoms with Gasteiger partial charge >= 0.3 is 0 Å². The summed E-state index contributed by atoms with van der Waals surface area (Å²) in [6.45, 7) is 9.01. The molecule has 0 bridgehead atoms. The van der Waals surface area contributed by atoms with Crippen LogP contribution in [0.1, 0.15) is 56.5 Å². The molecule has 1 fully saturated rings. The van der Waals surface area contributed by atoms with E-state index in [-0.39, 0.29) is 30.1 Å². The Kier molecular flexibility index (Phi) is 5.64. The molecule has 0 amide bonds. The third-order valence-corrected chi connectivity index (χ3v) is 4.99. The Hall–Kier alpha value is -2.56. The van der Waals surface area contributed by atoms with Crippen LogP contribution in [0.5, 0.6) is 5.88 Å². The standard InChI is InChI=1S/C23H24F3NO/c1-14(2)9-15(3)17-5-8-22(27-13-17)28-19-11-23(26,12-19)18-6-7-20(16(4)24)21(25)10-18/h5-10,13,16,19H,1,11-12H2,2-4H3/b15-9+/t16?,19-,23-. The van der Waals surface area contributed by atoms with Crippen molar-refractivity contribution in [3.63, 3.8) is 0 Å². The Morgan fingerprint density at radius 3 is 2.54 bits per heavy atom. The molecule has 1 saturated carbocycles. The molecule has 1 aliphatic rings. The Balaban J connectivity index is 1.62. The summed E-state index contributed by atoms with van der Waals surface area (Å²) in [4.78, 5) is 4.28. The normalized spacial score (nSPS) is 23.1. The quantitative estimate of drug-likeness (QED) is 0.519. The van der Waals surface area contributed by atoms with E-state index in [2.05, 4.69) is 11.6 Å². The smallest absolute Gasteiger partial charge is 0.213 e. The highest BCUT2D eigenvalue weighted by atomic mass is 19.1. The number of hydrogen-bond acceptors (Lipinski definition) is 2. The molecule has 3 rings (SSSR count). The lowest BCUT2D eigenvalue weighted by Gasteiger charge is -2.41. The third kappa shape index (κ3) is 4.29. The van der Waals surface area contributed by atoms with Gasteiger partial charge in [0.2, 0.25) is 5.88 Å². The van der Waals surface area contributed by atoms with E-state index in [0.717, 1.165) is 22.8 Å². The number of halogens is 3. The van der Waals surface area contributed by atoms with Crippen LogP contribution in [0.3, 0.4) is 0 Å². The van der Waals surface area contributed by atoms with Crippen molar-refractivity contribution in [3.05, 3.63) is 77.3 Å². The second-order valence-corrected chi connectivity index (χ2v) is 7.52. The molecule has 28 heavy (non-hydrogen) atoms. The summed E-state index contributed by atoms with van der Waals surface area (Å²) in [5.41, 5.74) is 1.46. The van der Waals surface area contributed by atoms with Gasteiger partial charge in [-0.15, -0.1) is 0 Å². The predicted molar refractivity (Wildman–Crippen MR) is 105 cm³/mol. The summed E-state index contributed by atoms with van der Waals surface area (Å²) in [6, 6.07) is 7.50. The lowest BCUT2D eigenvalue weighted by Crippen LogP contribution is -2.44. The highest BCUT2D eigenvalue weighted by Gasteiger charge is 2.48. The van der Waals surface area contributed by atoms with E-state index >= 15 is 4.39 Å². The van der Waals surface area contributed by atoms with Gasteiger partial charge < -0.3 is 4.74 Å². The van der Waals surface area contributed by atoms with Crippen molar-refractivity contribution >= 4 is 5.57 Å². The lowest BCUT2D eigenvalue weighted by molar-refractivity contribution is -0.0488. The van der Waals surface area contributed by atoms with Gasteiger partial charge in [0.15, 0.2) is 0 Å². The van der Waals surface area contributed by atoms with E-state index in [1.54, 1.807) is 12.3 Å². The first-order valence-corrected chi connectivity index (χ1v) is 9.28. The van der Waals surface area contributed by atoms with Gasteiger partial charge in [-0.25, -0.2) is 18.2 Å². The summed E-state index contributed by atoms with van der Waals surface area (Å²) in [5.74, 6) is -0.295. The molecule has 148 valence electrons. The molecule has 0 radical (unpaired) electrons. The largest absolute Gasteiger partial charge is 0.474 e. The molecule has 1 aliphatic carbocycles. The van der Waals surface area contributed by atoms with Crippen molar-refractivity contribution in [3.8, 4) is 5.88 Å². The molecule has 1 aromatic heterocycles. The fourth-order valence-electron chi connectivity index (χ4n) is 3.42. The van der Waals surface area contributed by atoms with Crippen LogP contribution in [0.15, 0.2) is 54.8 Å². The maximum atomic E-state index is 15.0. The highest BCUT2D eigenvalue weighted by molar-refractivity contribution is 5.65. The highest BCUT2D eigenvalue weighted by Crippen LogP contribution is 2.47. The topological polar surface area (TPSA) is 22.1 Å². The Labute approximate surface area is 163 Å². The molecule has 5 heteroatoms. The van der Waals surface area contributed by atoms with Crippen molar-refractivity contribution in [1.82, 2.24) is 4.98 Å². The SMILES string of the molecule is C=C(C)/C=C(\C)c1ccc(O[C@H]2C[C@@](F)(c3ccc(C(C)F)c(F)c3)C2)nc1. The molecule has 0 spiro atoms. The second kappa shape index (κ2) is 7.82. The maximum Gasteiger partial charge on any atom is 0.213 e. The van der Waals surface area contributed by atoms with E-state index in [1.165, 1.54) is 19.1 Å². The molecular weight excluding hydrogens is 363 g/mol. The number of nitrogens with zero attached hydrogens (tertiary/aromatic N) is 1. The monoisotopic (exact) mass is 387 g/mol. The molecule has 1 aromatic carbocycles. The molecule has 0 N–H and O–H groups in total. The van der Waals surface area contributed by atoms with Crippen molar-refractivity contribution in [2.24, 2.45) is 0 Å². The Bertz CT molecular complexity index is 897. The number of aromatic nitrogens is 1. The Morgan fingerprint density at radius 2 is 2.00 bits per heavy atom. The van der Waals surface area contributed by atoms with Crippen LogP contribution in [0.2, 0.25) is 0 Å². The van der Waals surface area contributed by atoms with Gasteiger partial charge in [0.1, 0.15) is 23.8 Å². The van der Waals surface area contributed by atoms with Crippen LogP contribution >= 0.6 is 0 Å². The average Bonchev–Trinajstić information content (AvgIpc) is 2.59. The summed E-state index contributed by atoms with van der Waals surface area (Å²) >= 11 is 0. The lowest BCUT2D eigenvalue weighted by atomic mass is 9.74. The van der Waals surface area contributed by atoms with Crippen molar-refractivity contribution < 1.29 is 17.9 Å². The van der Waals surface area contributed by atoms with E-state index in [0.29, 0.717) is 5.88 Å². The summed E-state index contributed by atoms with van der Waals surface area (Å²) in [5, 5.41) is 0. The number of hydrogen-bond donors (Lipinski definition) is 0. The fraction of sp³-hybridized carbons (Fsp3) is 0.348. The molecular formula is C23H24F3NO. The Morgan fingerprint density at radius 1 is 1.29 bits per heavy atom. The molecule has 1 atom stereocenters. The van der Waals surface area contributed by atoms with Gasteiger partial charge in [-0.1, -0.05) is 30.4 Å². The predicted octanol–water partition coefficient (Wildman–Crippen LogP) is 6.64. The summed E-state index contributed by atoms with van der Waals surface area (Å²) < 4.78 is 48.0. The molecule has 0 aliphatic heterocycles. The van der Waals surface area contributed by atoms with Crippen LogP contribution in [0.4, 0.5) is 13.2 Å². The number of benzene rings is 1. The average molecular weight is 387 g/mol. The summed E-state index contributed by atoms with van der Waals surface area (Å²) in [6.07, 6.45) is 2.12. The van der Waals surface area contributed by atoms with Crippen LogP contribution in [0.25, 0.3) is 5.57 Å². The minimum Gasteiger partial charge on any atom is -0.474 e. The first-order valence-electron chi connectivity index (χ1n) is 9.28. The molecule has 1 heterocycles. The minimum atomic E-state index is -1.66. The number of rotatable bonds is 6. The van der Waals surface area contributed by atoms with Gasteiger partial charge in [0, 0.05) is 30.7 Å². The van der Waals surface area contributed by atoms with Crippen LogP contribution < -0.4 is 4.74 Å². The molecule has 1 unspecified atom stereocenters. The van der Waals surface area contributed by atoms with E-state index < -0.39 is 17.7 Å². The zero-order valence-corrected chi connectivity index (χ0v) is 16.3. The van der Waals surface area contributed by atoms with Gasteiger partial charge in [-0.2, -0.15) is 0 Å².